The van der Waals surface area contributed by atoms with Crippen LogP contribution in [0.3, 0.4) is 0 Å². The standard InChI is InChI=1S/C19H22N2O10S/c1-4-30-17(23)19(18(24)31-5-2)13(6-11-16(22)29-3)12-20(19)32(27,28)15-9-7-14(8-10-15)21(25)26/h6-11,13H,4-5,12H2,1-3H3. The first kappa shape index (κ1) is 24.9. The number of ether oxygens (including phenoxy) is 3. The van der Waals surface area contributed by atoms with Gasteiger partial charge in [-0.1, -0.05) is 6.08 Å². The van der Waals surface area contributed by atoms with Crippen LogP contribution in [0.2, 0.25) is 0 Å². The van der Waals surface area contributed by atoms with Crippen LogP contribution < -0.4 is 0 Å². The Morgan fingerprint density at radius 3 is 2.12 bits per heavy atom. The van der Waals surface area contributed by atoms with Crippen LogP contribution in [-0.2, 0) is 38.6 Å². The van der Waals surface area contributed by atoms with Gasteiger partial charge in [0, 0.05) is 30.7 Å². The number of carbonyl (C=O) groups excluding carboxylic acids is 3. The molecular weight excluding hydrogens is 448 g/mol. The highest BCUT2D eigenvalue weighted by atomic mass is 32.2. The minimum absolute atomic E-state index is 0.154. The molecule has 32 heavy (non-hydrogen) atoms. The van der Waals surface area contributed by atoms with Crippen molar-refractivity contribution in [3.05, 3.63) is 46.5 Å². The maximum atomic E-state index is 13.3. The fraction of sp³-hybridized carbons (Fsp3) is 0.421. The van der Waals surface area contributed by atoms with Gasteiger partial charge >= 0.3 is 17.9 Å². The molecule has 0 aliphatic carbocycles. The fourth-order valence-corrected chi connectivity index (χ4v) is 4.97. The molecule has 1 saturated heterocycles. The number of carbonyl (C=O) groups is 3. The van der Waals surface area contributed by atoms with Crippen LogP contribution in [0.4, 0.5) is 5.69 Å². The van der Waals surface area contributed by atoms with E-state index >= 15 is 0 Å². The number of esters is 3. The van der Waals surface area contributed by atoms with E-state index in [1.807, 2.05) is 0 Å². The van der Waals surface area contributed by atoms with Crippen LogP contribution in [0.15, 0.2) is 41.3 Å². The Bertz CT molecular complexity index is 1010. The first-order chi connectivity index (χ1) is 15.1. The van der Waals surface area contributed by atoms with Crippen LogP contribution in [-0.4, -0.2) is 68.0 Å². The number of sulfonamides is 1. The van der Waals surface area contributed by atoms with Gasteiger partial charge in [-0.25, -0.2) is 22.8 Å². The van der Waals surface area contributed by atoms with E-state index in [9.17, 15) is 32.9 Å². The van der Waals surface area contributed by atoms with Crippen LogP contribution in [0.5, 0.6) is 0 Å². The van der Waals surface area contributed by atoms with Crippen molar-refractivity contribution in [1.82, 2.24) is 4.31 Å². The number of nitro benzene ring substituents is 1. The van der Waals surface area contributed by atoms with Crippen LogP contribution in [0.1, 0.15) is 13.8 Å². The Kier molecular flexibility index (Phi) is 7.69. The smallest absolute Gasteiger partial charge is 0.340 e. The Labute approximate surface area is 183 Å². The number of hydrogen-bond acceptors (Lipinski definition) is 10. The van der Waals surface area contributed by atoms with Crippen molar-refractivity contribution in [2.45, 2.75) is 24.3 Å². The second kappa shape index (κ2) is 9.87. The zero-order chi connectivity index (χ0) is 24.1. The molecule has 0 amide bonds. The molecule has 1 unspecified atom stereocenters. The van der Waals surface area contributed by atoms with Crippen molar-refractivity contribution in [2.24, 2.45) is 5.92 Å². The monoisotopic (exact) mass is 470 g/mol. The van der Waals surface area contributed by atoms with Gasteiger partial charge in [0.15, 0.2) is 0 Å². The molecule has 2 rings (SSSR count). The SMILES string of the molecule is CCOC(=O)C1(C(=O)OCC)C(C=CC(=O)OC)CN1S(=O)(=O)c1ccc([N+](=O)[O-])cc1. The lowest BCUT2D eigenvalue weighted by Gasteiger charge is -2.51. The highest BCUT2D eigenvalue weighted by Crippen LogP contribution is 2.44. The molecule has 1 heterocycles. The predicted octanol–water partition coefficient (Wildman–Crippen LogP) is 0.810. The second-order valence-electron chi connectivity index (χ2n) is 6.48. The first-order valence-corrected chi connectivity index (χ1v) is 10.9. The molecule has 1 aliphatic heterocycles. The molecule has 0 aromatic heterocycles. The zero-order valence-corrected chi connectivity index (χ0v) is 18.4. The lowest BCUT2D eigenvalue weighted by atomic mass is 9.75. The lowest BCUT2D eigenvalue weighted by Crippen LogP contribution is -2.76. The van der Waals surface area contributed by atoms with Gasteiger partial charge in [0.2, 0.25) is 15.6 Å². The quantitative estimate of drug-likeness (QED) is 0.126. The summed E-state index contributed by atoms with van der Waals surface area (Å²) in [6.45, 7) is 2.29. The van der Waals surface area contributed by atoms with E-state index in [0.717, 1.165) is 37.5 Å². The molecule has 1 aliphatic rings. The molecule has 1 aromatic carbocycles. The lowest BCUT2D eigenvalue weighted by molar-refractivity contribution is -0.384. The molecule has 1 aromatic rings. The maximum Gasteiger partial charge on any atom is 0.340 e. The Hall–Kier alpha value is -3.32. The number of nitrogens with zero attached hydrogens (tertiary/aromatic N) is 2. The molecule has 0 radical (unpaired) electrons. The summed E-state index contributed by atoms with van der Waals surface area (Å²) in [4.78, 5) is 47.2. The number of nitro groups is 1. The summed E-state index contributed by atoms with van der Waals surface area (Å²) in [6.07, 6.45) is 2.15. The van der Waals surface area contributed by atoms with Gasteiger partial charge in [-0.05, 0) is 26.0 Å². The minimum atomic E-state index is -4.50. The summed E-state index contributed by atoms with van der Waals surface area (Å²) in [5.74, 6) is -4.21. The average molecular weight is 470 g/mol. The summed E-state index contributed by atoms with van der Waals surface area (Å²) >= 11 is 0. The number of non-ortho nitro benzene ring substituents is 1. The summed E-state index contributed by atoms with van der Waals surface area (Å²) in [6, 6.07) is 3.95. The van der Waals surface area contributed by atoms with Gasteiger partial charge in [-0.15, -0.1) is 0 Å². The normalized spacial score (nSPS) is 17.9. The number of benzene rings is 1. The zero-order valence-electron chi connectivity index (χ0n) is 17.5. The molecule has 1 atom stereocenters. The Balaban J connectivity index is 2.61. The Morgan fingerprint density at radius 1 is 1.16 bits per heavy atom. The third-order valence-corrected chi connectivity index (χ3v) is 6.65. The fourth-order valence-electron chi connectivity index (χ4n) is 3.22. The van der Waals surface area contributed by atoms with Gasteiger partial charge in [0.1, 0.15) is 0 Å². The van der Waals surface area contributed by atoms with Crippen molar-refractivity contribution in [3.63, 3.8) is 0 Å². The Morgan fingerprint density at radius 2 is 1.69 bits per heavy atom. The van der Waals surface area contributed by atoms with E-state index in [0.29, 0.717) is 4.31 Å². The molecule has 12 nitrogen and oxygen atoms in total. The largest absolute Gasteiger partial charge is 0.466 e. The highest BCUT2D eigenvalue weighted by molar-refractivity contribution is 7.89. The molecule has 0 N–H and O–H groups in total. The van der Waals surface area contributed by atoms with Gasteiger partial charge in [-0.3, -0.25) is 10.1 Å². The van der Waals surface area contributed by atoms with Crippen molar-refractivity contribution in [2.75, 3.05) is 26.9 Å². The molecule has 0 saturated carbocycles. The number of rotatable bonds is 9. The van der Waals surface area contributed by atoms with Crippen LogP contribution >= 0.6 is 0 Å². The van der Waals surface area contributed by atoms with Crippen molar-refractivity contribution < 1.29 is 41.9 Å². The van der Waals surface area contributed by atoms with Crippen molar-refractivity contribution in [3.8, 4) is 0 Å². The predicted molar refractivity (Wildman–Crippen MR) is 108 cm³/mol. The van der Waals surface area contributed by atoms with E-state index in [1.165, 1.54) is 19.9 Å². The molecule has 174 valence electrons. The van der Waals surface area contributed by atoms with Crippen molar-refractivity contribution in [1.29, 1.82) is 0 Å². The van der Waals surface area contributed by atoms with E-state index in [4.69, 9.17) is 9.47 Å². The summed E-state index contributed by atoms with van der Waals surface area (Å²) in [7, 11) is -3.37. The molecular formula is C19H22N2O10S. The van der Waals surface area contributed by atoms with E-state index < -0.39 is 44.3 Å². The minimum Gasteiger partial charge on any atom is -0.466 e. The molecule has 0 bridgehead atoms. The second-order valence-corrected chi connectivity index (χ2v) is 8.35. The van der Waals surface area contributed by atoms with Crippen LogP contribution in [0, 0.1) is 16.0 Å². The van der Waals surface area contributed by atoms with Gasteiger partial charge in [-0.2, -0.15) is 4.31 Å². The average Bonchev–Trinajstić information content (AvgIpc) is 2.73. The van der Waals surface area contributed by atoms with E-state index in [-0.39, 0.29) is 30.3 Å². The van der Waals surface area contributed by atoms with Crippen LogP contribution in [0.25, 0.3) is 0 Å². The summed E-state index contributed by atoms with van der Waals surface area (Å²) in [5, 5.41) is 10.9. The third kappa shape index (κ3) is 4.34. The number of hydrogen-bond donors (Lipinski definition) is 0. The first-order valence-electron chi connectivity index (χ1n) is 9.45. The number of methoxy groups -OCH3 is 1. The third-order valence-electron chi connectivity index (χ3n) is 4.77. The van der Waals surface area contributed by atoms with Crippen molar-refractivity contribution >= 4 is 33.6 Å². The highest BCUT2D eigenvalue weighted by Gasteiger charge is 2.69. The summed E-state index contributed by atoms with van der Waals surface area (Å²) < 4.78 is 41.7. The topological polar surface area (TPSA) is 159 Å². The van der Waals surface area contributed by atoms with Gasteiger partial charge in [0.05, 0.1) is 30.1 Å². The van der Waals surface area contributed by atoms with Gasteiger partial charge in [0.25, 0.3) is 5.69 Å². The molecule has 1 fully saturated rings. The molecule has 13 heteroatoms. The summed E-state index contributed by atoms with van der Waals surface area (Å²) in [5.41, 5.74) is -2.76. The molecule has 0 spiro atoms. The van der Waals surface area contributed by atoms with E-state index in [1.54, 1.807) is 0 Å². The van der Waals surface area contributed by atoms with Gasteiger partial charge < -0.3 is 14.2 Å². The van der Waals surface area contributed by atoms with E-state index in [2.05, 4.69) is 4.74 Å². The maximum absolute atomic E-state index is 13.3.